The summed E-state index contributed by atoms with van der Waals surface area (Å²) in [4.78, 5) is 0. The van der Waals surface area contributed by atoms with E-state index in [1.165, 1.54) is 6.92 Å². The molecule has 30 heavy (non-hydrogen) atoms. The van der Waals surface area contributed by atoms with Crippen molar-refractivity contribution >= 4 is 12.4 Å². The molecule has 9 heteroatoms. The smallest absolute Gasteiger partial charge is 0.369 e. The van der Waals surface area contributed by atoms with Crippen LogP contribution in [-0.4, -0.2) is 12.6 Å². The molecule has 2 aromatic rings. The molecule has 0 spiro atoms. The van der Waals surface area contributed by atoms with E-state index in [1.54, 1.807) is 0 Å². The van der Waals surface area contributed by atoms with E-state index in [0.717, 1.165) is 30.7 Å². The van der Waals surface area contributed by atoms with Gasteiger partial charge in [0.2, 0.25) is 0 Å². The number of hydrogen-bond acceptors (Lipinski definition) is 2. The first kappa shape index (κ1) is 24.5. The summed E-state index contributed by atoms with van der Waals surface area (Å²) in [6.45, 7) is 2.24. The highest BCUT2D eigenvalue weighted by atomic mass is 35.5. The van der Waals surface area contributed by atoms with Gasteiger partial charge in [-0.2, -0.15) is 26.3 Å². The van der Waals surface area contributed by atoms with Crippen molar-refractivity contribution in [3.63, 3.8) is 0 Å². The first-order valence-corrected chi connectivity index (χ1v) is 9.29. The molecule has 2 nitrogen and oxygen atoms in total. The molecule has 0 amide bonds. The Labute approximate surface area is 177 Å². The maximum atomic E-state index is 13.1. The molecule has 1 unspecified atom stereocenters. The van der Waals surface area contributed by atoms with Crippen molar-refractivity contribution in [3.8, 4) is 0 Å². The minimum Gasteiger partial charge on any atom is -0.369 e. The number of hydrogen-bond donors (Lipinski definition) is 1. The predicted molar refractivity (Wildman–Crippen MR) is 103 cm³/mol. The van der Waals surface area contributed by atoms with Gasteiger partial charge in [0, 0.05) is 0 Å². The van der Waals surface area contributed by atoms with Crippen molar-refractivity contribution in [1.29, 1.82) is 0 Å². The molecule has 1 fully saturated rings. The fourth-order valence-electron chi connectivity index (χ4n) is 3.55. The molecule has 1 saturated heterocycles. The number of nitrogens with one attached hydrogen (secondary N) is 1. The quantitative estimate of drug-likeness (QED) is 0.519. The molecule has 2 aromatic carbocycles. The van der Waals surface area contributed by atoms with Crippen molar-refractivity contribution in [2.24, 2.45) is 0 Å². The molecule has 0 saturated carbocycles. The van der Waals surface area contributed by atoms with Crippen molar-refractivity contribution < 1.29 is 31.1 Å². The highest BCUT2D eigenvalue weighted by Crippen LogP contribution is 2.39. The number of piperidine rings is 1. The average Bonchev–Trinajstić information content (AvgIpc) is 2.67. The lowest BCUT2D eigenvalue weighted by Crippen LogP contribution is -2.39. The van der Waals surface area contributed by atoms with Crippen LogP contribution < -0.4 is 5.32 Å². The number of ether oxygens (including phenoxy) is 1. The van der Waals surface area contributed by atoms with E-state index in [2.05, 4.69) is 5.32 Å². The molecule has 3 rings (SSSR count). The van der Waals surface area contributed by atoms with Gasteiger partial charge >= 0.3 is 12.4 Å². The van der Waals surface area contributed by atoms with E-state index >= 15 is 0 Å². The molecular formula is C21H22ClF6NO. The summed E-state index contributed by atoms with van der Waals surface area (Å²) in [5.74, 6) is 0. The average molecular weight is 454 g/mol. The lowest BCUT2D eigenvalue weighted by Gasteiger charge is -2.35. The van der Waals surface area contributed by atoms with Gasteiger partial charge in [-0.15, -0.1) is 12.4 Å². The van der Waals surface area contributed by atoms with Crippen molar-refractivity contribution in [3.05, 3.63) is 70.8 Å². The van der Waals surface area contributed by atoms with Crippen LogP contribution in [0.25, 0.3) is 0 Å². The van der Waals surface area contributed by atoms with Gasteiger partial charge in [0.1, 0.15) is 0 Å². The second kappa shape index (κ2) is 9.58. The van der Waals surface area contributed by atoms with Crippen molar-refractivity contribution in [2.45, 2.75) is 50.4 Å². The van der Waals surface area contributed by atoms with Crippen LogP contribution in [0.15, 0.2) is 48.5 Å². The van der Waals surface area contributed by atoms with Crippen molar-refractivity contribution in [1.82, 2.24) is 5.32 Å². The Morgan fingerprint density at radius 1 is 0.933 bits per heavy atom. The Bertz CT molecular complexity index is 792. The zero-order valence-corrected chi connectivity index (χ0v) is 16.9. The molecule has 3 atom stereocenters. The fourth-order valence-corrected chi connectivity index (χ4v) is 3.55. The van der Waals surface area contributed by atoms with E-state index in [1.807, 2.05) is 30.3 Å². The van der Waals surface area contributed by atoms with E-state index < -0.39 is 29.6 Å². The SMILES string of the molecule is CC(O[C@H]1CCCN[C@H]1c1ccccc1)c1cc(C(F)(F)F)cc(C(F)(F)F)c1.Cl. The summed E-state index contributed by atoms with van der Waals surface area (Å²) in [6, 6.07) is 10.8. The minimum absolute atomic E-state index is 0. The van der Waals surface area contributed by atoms with Gasteiger partial charge in [-0.1, -0.05) is 30.3 Å². The van der Waals surface area contributed by atoms with Gasteiger partial charge in [-0.25, -0.2) is 0 Å². The Morgan fingerprint density at radius 3 is 2.03 bits per heavy atom. The summed E-state index contributed by atoms with van der Waals surface area (Å²) in [5, 5.41) is 3.33. The van der Waals surface area contributed by atoms with Crippen LogP contribution in [0, 0.1) is 0 Å². The third kappa shape index (κ3) is 5.89. The highest BCUT2D eigenvalue weighted by Gasteiger charge is 2.38. The van der Waals surface area contributed by atoms with Gasteiger partial charge < -0.3 is 10.1 Å². The molecule has 166 valence electrons. The van der Waals surface area contributed by atoms with E-state index in [9.17, 15) is 26.3 Å². The molecule has 0 aromatic heterocycles. The normalized spacial score (nSPS) is 21.0. The number of benzene rings is 2. The highest BCUT2D eigenvalue weighted by molar-refractivity contribution is 5.85. The molecule has 0 radical (unpaired) electrons. The summed E-state index contributed by atoms with van der Waals surface area (Å²) in [5.41, 5.74) is -1.85. The Hall–Kier alpha value is -1.77. The fraction of sp³-hybridized carbons (Fsp3) is 0.429. The second-order valence-electron chi connectivity index (χ2n) is 7.14. The lowest BCUT2D eigenvalue weighted by atomic mass is 9.94. The van der Waals surface area contributed by atoms with Crippen LogP contribution in [0.4, 0.5) is 26.3 Å². The van der Waals surface area contributed by atoms with Crippen LogP contribution in [-0.2, 0) is 17.1 Å². The topological polar surface area (TPSA) is 21.3 Å². The van der Waals surface area contributed by atoms with Crippen LogP contribution in [0.3, 0.4) is 0 Å². The van der Waals surface area contributed by atoms with Gasteiger partial charge in [0.25, 0.3) is 0 Å². The van der Waals surface area contributed by atoms with Crippen molar-refractivity contribution in [2.75, 3.05) is 6.54 Å². The van der Waals surface area contributed by atoms with E-state index in [-0.39, 0.29) is 36.2 Å². The van der Waals surface area contributed by atoms with Gasteiger partial charge in [0.05, 0.1) is 29.4 Å². The second-order valence-corrected chi connectivity index (χ2v) is 7.14. The zero-order valence-electron chi connectivity index (χ0n) is 16.1. The molecule has 1 aliphatic rings. The Morgan fingerprint density at radius 2 is 1.50 bits per heavy atom. The third-order valence-corrected chi connectivity index (χ3v) is 5.02. The molecule has 0 bridgehead atoms. The summed E-state index contributed by atoms with van der Waals surface area (Å²) in [6.07, 6.45) is -9.61. The first-order chi connectivity index (χ1) is 13.6. The summed E-state index contributed by atoms with van der Waals surface area (Å²) < 4.78 is 84.7. The predicted octanol–water partition coefficient (Wildman–Crippen LogP) is 6.72. The standard InChI is InChI=1S/C21H21F6NO.ClH/c1-13(15-10-16(20(22,23)24)12-17(11-15)21(25,26)27)29-18-8-5-9-28-19(18)14-6-3-2-4-7-14;/h2-4,6-7,10-13,18-19,28H,5,8-9H2,1H3;1H/t13?,18-,19-;/m0./s1. The maximum absolute atomic E-state index is 13.1. The molecule has 1 N–H and O–H groups in total. The van der Waals surface area contributed by atoms with Gasteiger partial charge in [-0.05, 0) is 55.6 Å². The number of alkyl halides is 6. The molecule has 0 aliphatic carbocycles. The lowest BCUT2D eigenvalue weighted by molar-refractivity contribution is -0.143. The third-order valence-electron chi connectivity index (χ3n) is 5.02. The Kier molecular flexibility index (Phi) is 7.82. The Balaban J connectivity index is 0.00000320. The molecule has 1 aliphatic heterocycles. The van der Waals surface area contributed by atoms with Gasteiger partial charge in [0.15, 0.2) is 0 Å². The van der Waals surface area contributed by atoms with Crippen LogP contribution in [0.1, 0.15) is 54.2 Å². The molecular weight excluding hydrogens is 432 g/mol. The first-order valence-electron chi connectivity index (χ1n) is 9.29. The summed E-state index contributed by atoms with van der Waals surface area (Å²) in [7, 11) is 0. The van der Waals surface area contributed by atoms with E-state index in [4.69, 9.17) is 4.74 Å². The largest absolute Gasteiger partial charge is 0.416 e. The molecule has 1 heterocycles. The minimum atomic E-state index is -4.88. The number of halogens is 7. The van der Waals surface area contributed by atoms with Crippen LogP contribution in [0.5, 0.6) is 0 Å². The van der Waals surface area contributed by atoms with E-state index in [0.29, 0.717) is 6.42 Å². The monoisotopic (exact) mass is 453 g/mol. The number of rotatable bonds is 4. The van der Waals surface area contributed by atoms with Crippen LogP contribution in [0.2, 0.25) is 0 Å². The zero-order chi connectivity index (χ0) is 21.2. The van der Waals surface area contributed by atoms with Gasteiger partial charge in [-0.3, -0.25) is 0 Å². The maximum Gasteiger partial charge on any atom is 0.416 e. The van der Waals surface area contributed by atoms with Crippen LogP contribution >= 0.6 is 12.4 Å². The summed E-state index contributed by atoms with van der Waals surface area (Å²) >= 11 is 0.